The summed E-state index contributed by atoms with van der Waals surface area (Å²) in [4.78, 5) is 34.1. The van der Waals surface area contributed by atoms with Gasteiger partial charge in [0.1, 0.15) is 16.7 Å². The zero-order valence-electron chi connectivity index (χ0n) is 23.4. The van der Waals surface area contributed by atoms with Crippen molar-refractivity contribution in [1.29, 1.82) is 0 Å². The first-order valence-corrected chi connectivity index (χ1v) is 13.3. The van der Waals surface area contributed by atoms with Gasteiger partial charge in [-0.1, -0.05) is 30.7 Å². The normalized spacial score (nSPS) is 16.7. The maximum absolute atomic E-state index is 14.0. The van der Waals surface area contributed by atoms with Crippen molar-refractivity contribution in [2.24, 2.45) is 5.41 Å². The molecule has 1 aliphatic rings. The quantitative estimate of drug-likeness (QED) is 0.429. The van der Waals surface area contributed by atoms with E-state index < -0.39 is 23.2 Å². The van der Waals surface area contributed by atoms with Crippen molar-refractivity contribution >= 4 is 29.2 Å². The number of alkyl halides is 3. The molecule has 1 atom stereocenters. The molecule has 8 nitrogen and oxygen atoms in total. The monoisotopic (exact) mass is 584 g/mol. The largest absolute Gasteiger partial charge is 0.497 e. The molecule has 2 heterocycles. The molecule has 1 fully saturated rings. The lowest BCUT2D eigenvalue weighted by Crippen LogP contribution is -2.55. The Morgan fingerprint density at radius 1 is 1.15 bits per heavy atom. The Hall–Kier alpha value is -3.05. The van der Waals surface area contributed by atoms with Gasteiger partial charge in [-0.15, -0.1) is 0 Å². The highest BCUT2D eigenvalue weighted by Crippen LogP contribution is 2.42. The maximum atomic E-state index is 14.0. The molecule has 0 unspecified atom stereocenters. The van der Waals surface area contributed by atoms with E-state index in [-0.39, 0.29) is 28.8 Å². The van der Waals surface area contributed by atoms with Crippen LogP contribution in [-0.2, 0) is 10.4 Å². The highest BCUT2D eigenvalue weighted by Gasteiger charge is 2.61. The highest BCUT2D eigenvalue weighted by molar-refractivity contribution is 6.32. The maximum Gasteiger partial charge on any atom is 0.430 e. The number of ether oxygens (including phenoxy) is 1. The molecule has 1 aromatic carbocycles. The zero-order chi connectivity index (χ0) is 29.9. The minimum atomic E-state index is -5.22. The van der Waals surface area contributed by atoms with Gasteiger partial charge in [0.15, 0.2) is 0 Å². The summed E-state index contributed by atoms with van der Waals surface area (Å²) in [6.45, 7) is 3.56. The van der Waals surface area contributed by atoms with Gasteiger partial charge in [-0.05, 0) is 55.4 Å². The fourth-order valence-corrected chi connectivity index (χ4v) is 5.13. The topological polar surface area (TPSA) is 86.2 Å². The number of halogens is 4. The van der Waals surface area contributed by atoms with Crippen molar-refractivity contribution in [2.45, 2.75) is 44.4 Å². The predicted octanol–water partition coefficient (Wildman–Crippen LogP) is 4.74. The molecule has 2 amide bonds. The number of aliphatic hydroxyl groups is 1. The summed E-state index contributed by atoms with van der Waals surface area (Å²) >= 11 is 6.27. The average molecular weight is 585 g/mol. The number of amides is 2. The van der Waals surface area contributed by atoms with Crippen molar-refractivity contribution in [3.8, 4) is 5.75 Å². The van der Waals surface area contributed by atoms with E-state index in [1.165, 1.54) is 31.2 Å². The first-order valence-electron chi connectivity index (χ1n) is 13.0. The number of hydrogen-bond acceptors (Lipinski definition) is 6. The molecule has 220 valence electrons. The van der Waals surface area contributed by atoms with Crippen molar-refractivity contribution in [3.05, 3.63) is 52.7 Å². The molecular formula is C28H36ClF3N4O4. The van der Waals surface area contributed by atoms with Crippen LogP contribution in [0.25, 0.3) is 0 Å². The number of anilines is 1. The second kappa shape index (κ2) is 12.2. The number of benzene rings is 1. The Kier molecular flexibility index (Phi) is 9.62. The fourth-order valence-electron chi connectivity index (χ4n) is 4.90. The summed E-state index contributed by atoms with van der Waals surface area (Å²) in [5.41, 5.74) is -4.03. The summed E-state index contributed by atoms with van der Waals surface area (Å²) in [7, 11) is 5.84. The lowest BCUT2D eigenvalue weighted by atomic mass is 9.76. The van der Waals surface area contributed by atoms with Crippen molar-refractivity contribution in [2.75, 3.05) is 52.8 Å². The van der Waals surface area contributed by atoms with Gasteiger partial charge in [0.2, 0.25) is 0 Å². The number of carbonyl (C=O) groups excluding carboxylic acids is 2. The lowest BCUT2D eigenvalue weighted by molar-refractivity contribution is -0.261. The molecule has 0 radical (unpaired) electrons. The number of methoxy groups -OCH3 is 1. The van der Waals surface area contributed by atoms with Crippen LogP contribution in [0, 0.1) is 5.41 Å². The first kappa shape index (κ1) is 31.5. The number of carbonyl (C=O) groups is 2. The lowest BCUT2D eigenvalue weighted by Gasteiger charge is -2.40. The minimum Gasteiger partial charge on any atom is -0.497 e. The number of aromatic nitrogens is 1. The van der Waals surface area contributed by atoms with Crippen LogP contribution in [0.15, 0.2) is 36.4 Å². The van der Waals surface area contributed by atoms with E-state index in [4.69, 9.17) is 16.3 Å². The van der Waals surface area contributed by atoms with Gasteiger partial charge in [-0.3, -0.25) is 9.59 Å². The van der Waals surface area contributed by atoms with Crippen LogP contribution >= 0.6 is 11.6 Å². The van der Waals surface area contributed by atoms with E-state index in [0.29, 0.717) is 37.3 Å². The second-order valence-corrected chi connectivity index (χ2v) is 11.1. The van der Waals surface area contributed by atoms with Gasteiger partial charge in [-0.2, -0.15) is 13.2 Å². The third kappa shape index (κ3) is 6.63. The van der Waals surface area contributed by atoms with E-state index in [9.17, 15) is 27.9 Å². The van der Waals surface area contributed by atoms with Crippen LogP contribution in [0.2, 0.25) is 5.15 Å². The number of piperidine rings is 1. The SMILES string of the molecule is COc1cccc([C@@](O)(C(=O)N(C)CCCC2(C)CCN(c3ccc(C(=O)N(C)C)c(Cl)n3)CC2)C(F)(F)F)c1. The van der Waals surface area contributed by atoms with Gasteiger partial charge in [0.25, 0.3) is 17.4 Å². The number of hydrogen-bond donors (Lipinski definition) is 1. The third-order valence-corrected chi connectivity index (χ3v) is 7.88. The Labute approximate surface area is 237 Å². The van der Waals surface area contributed by atoms with Crippen LogP contribution in [0.5, 0.6) is 5.75 Å². The van der Waals surface area contributed by atoms with Crippen molar-refractivity contribution in [1.82, 2.24) is 14.8 Å². The van der Waals surface area contributed by atoms with Gasteiger partial charge >= 0.3 is 6.18 Å². The van der Waals surface area contributed by atoms with Crippen molar-refractivity contribution < 1.29 is 32.6 Å². The smallest absolute Gasteiger partial charge is 0.430 e. The predicted molar refractivity (Wildman–Crippen MR) is 147 cm³/mol. The van der Waals surface area contributed by atoms with Gasteiger partial charge < -0.3 is 24.5 Å². The molecule has 1 N–H and O–H groups in total. The van der Waals surface area contributed by atoms with Crippen LogP contribution in [0.3, 0.4) is 0 Å². The van der Waals surface area contributed by atoms with Gasteiger partial charge in [0, 0.05) is 46.3 Å². The number of rotatable bonds is 9. The summed E-state index contributed by atoms with van der Waals surface area (Å²) < 4.78 is 47.1. The van der Waals surface area contributed by atoms with Crippen LogP contribution < -0.4 is 9.64 Å². The number of nitrogens with zero attached hydrogens (tertiary/aromatic N) is 4. The zero-order valence-corrected chi connectivity index (χ0v) is 24.1. The summed E-state index contributed by atoms with van der Waals surface area (Å²) in [6, 6.07) is 8.26. The third-order valence-electron chi connectivity index (χ3n) is 7.59. The molecule has 0 saturated carbocycles. The Bertz CT molecular complexity index is 1220. The molecule has 40 heavy (non-hydrogen) atoms. The molecular weight excluding hydrogens is 549 g/mol. The first-order chi connectivity index (χ1) is 18.6. The molecule has 1 aromatic heterocycles. The summed E-state index contributed by atoms with van der Waals surface area (Å²) in [5.74, 6) is -0.884. The number of pyridine rings is 1. The molecule has 0 aliphatic carbocycles. The van der Waals surface area contributed by atoms with Crippen molar-refractivity contribution in [3.63, 3.8) is 0 Å². The fraction of sp³-hybridized carbons (Fsp3) is 0.536. The standard InChI is InChI=1S/C28H36ClF3N4O4/c1-26(13-16-36(17-14-26)22-11-10-21(23(29)33-22)24(37)34(2)3)12-7-15-35(4)25(38)27(39,28(30,31)32)19-8-6-9-20(18-19)40-5/h6,8-11,18,39H,7,12-17H2,1-5H3/t27-/m1/s1. The van der Waals surface area contributed by atoms with E-state index in [2.05, 4.69) is 16.8 Å². The molecule has 0 bridgehead atoms. The Balaban J connectivity index is 1.60. The van der Waals surface area contributed by atoms with E-state index >= 15 is 0 Å². The summed E-state index contributed by atoms with van der Waals surface area (Å²) in [5, 5.41) is 10.8. The molecule has 12 heteroatoms. The molecule has 1 aliphatic heterocycles. The average Bonchev–Trinajstić information content (AvgIpc) is 2.91. The van der Waals surface area contributed by atoms with E-state index in [0.717, 1.165) is 29.9 Å². The Morgan fingerprint density at radius 2 is 1.80 bits per heavy atom. The second-order valence-electron chi connectivity index (χ2n) is 10.8. The van der Waals surface area contributed by atoms with Gasteiger partial charge in [-0.25, -0.2) is 4.98 Å². The molecule has 0 spiro atoms. The van der Waals surface area contributed by atoms with Crippen LogP contribution in [0.4, 0.5) is 19.0 Å². The van der Waals surface area contributed by atoms with E-state index in [1.54, 1.807) is 26.2 Å². The summed E-state index contributed by atoms with van der Waals surface area (Å²) in [6.07, 6.45) is -2.46. The Morgan fingerprint density at radius 3 is 2.35 bits per heavy atom. The van der Waals surface area contributed by atoms with Crippen LogP contribution in [-0.4, -0.2) is 85.8 Å². The highest BCUT2D eigenvalue weighted by atomic mass is 35.5. The van der Waals surface area contributed by atoms with E-state index in [1.807, 2.05) is 0 Å². The number of likely N-dealkylation sites (N-methyl/N-ethyl adjacent to an activating group) is 1. The minimum absolute atomic E-state index is 0.0546. The molecule has 3 rings (SSSR count). The van der Waals surface area contributed by atoms with Crippen LogP contribution in [0.1, 0.15) is 48.5 Å². The van der Waals surface area contributed by atoms with Gasteiger partial charge in [0.05, 0.1) is 12.7 Å². The molecule has 2 aromatic rings. The molecule has 1 saturated heterocycles.